The van der Waals surface area contributed by atoms with Gasteiger partial charge in [-0.1, -0.05) is 12.1 Å². The Morgan fingerprint density at radius 2 is 2.19 bits per heavy atom. The van der Waals surface area contributed by atoms with Crippen molar-refractivity contribution >= 4 is 17.6 Å². The lowest BCUT2D eigenvalue weighted by Gasteiger charge is -2.17. The van der Waals surface area contributed by atoms with Gasteiger partial charge in [-0.2, -0.15) is 0 Å². The van der Waals surface area contributed by atoms with Gasteiger partial charge in [-0.15, -0.1) is 0 Å². The molecule has 0 fully saturated rings. The SMILES string of the molecule is O=C(O)CCc1ccc2c(c1)NC(=O)CC2. The zero-order valence-electron chi connectivity index (χ0n) is 8.82. The van der Waals surface area contributed by atoms with E-state index in [9.17, 15) is 9.59 Å². The fourth-order valence-corrected chi connectivity index (χ4v) is 1.83. The predicted octanol–water partition coefficient (Wildman–Crippen LogP) is 1.59. The van der Waals surface area contributed by atoms with Crippen LogP contribution in [0.25, 0.3) is 0 Å². The summed E-state index contributed by atoms with van der Waals surface area (Å²) in [5, 5.41) is 11.4. The summed E-state index contributed by atoms with van der Waals surface area (Å²) >= 11 is 0. The molecule has 1 amide bonds. The molecule has 16 heavy (non-hydrogen) atoms. The molecule has 84 valence electrons. The average Bonchev–Trinajstić information content (AvgIpc) is 2.25. The van der Waals surface area contributed by atoms with Crippen LogP contribution >= 0.6 is 0 Å². The van der Waals surface area contributed by atoms with Crippen molar-refractivity contribution in [1.82, 2.24) is 0 Å². The number of amides is 1. The van der Waals surface area contributed by atoms with Gasteiger partial charge in [0.2, 0.25) is 5.91 Å². The normalized spacial score (nSPS) is 14.1. The molecular weight excluding hydrogens is 206 g/mol. The highest BCUT2D eigenvalue weighted by Crippen LogP contribution is 2.24. The summed E-state index contributed by atoms with van der Waals surface area (Å²) in [4.78, 5) is 21.6. The van der Waals surface area contributed by atoms with Gasteiger partial charge in [-0.05, 0) is 30.0 Å². The van der Waals surface area contributed by atoms with Crippen LogP contribution in [0.5, 0.6) is 0 Å². The van der Waals surface area contributed by atoms with Gasteiger partial charge in [0.25, 0.3) is 0 Å². The number of carboxylic acid groups (broad SMARTS) is 1. The average molecular weight is 219 g/mol. The van der Waals surface area contributed by atoms with Crippen LogP contribution in [0.2, 0.25) is 0 Å². The number of carbonyl (C=O) groups is 2. The molecular formula is C12H13NO3. The highest BCUT2D eigenvalue weighted by atomic mass is 16.4. The van der Waals surface area contributed by atoms with Gasteiger partial charge >= 0.3 is 5.97 Å². The largest absolute Gasteiger partial charge is 0.481 e. The van der Waals surface area contributed by atoms with Gasteiger partial charge in [-0.3, -0.25) is 9.59 Å². The molecule has 1 aromatic carbocycles. The fourth-order valence-electron chi connectivity index (χ4n) is 1.83. The third-order valence-electron chi connectivity index (χ3n) is 2.70. The Bertz CT molecular complexity index is 440. The predicted molar refractivity (Wildman–Crippen MR) is 59.3 cm³/mol. The van der Waals surface area contributed by atoms with E-state index in [1.54, 1.807) is 0 Å². The van der Waals surface area contributed by atoms with E-state index in [4.69, 9.17) is 5.11 Å². The highest BCUT2D eigenvalue weighted by Gasteiger charge is 2.14. The molecule has 0 radical (unpaired) electrons. The van der Waals surface area contributed by atoms with E-state index in [0.717, 1.165) is 23.2 Å². The van der Waals surface area contributed by atoms with Crippen molar-refractivity contribution in [3.8, 4) is 0 Å². The Balaban J connectivity index is 2.14. The number of hydrogen-bond donors (Lipinski definition) is 2. The van der Waals surface area contributed by atoms with Crippen LogP contribution < -0.4 is 5.32 Å². The zero-order valence-corrected chi connectivity index (χ0v) is 8.82. The van der Waals surface area contributed by atoms with Gasteiger partial charge in [0.1, 0.15) is 0 Å². The maximum Gasteiger partial charge on any atom is 0.303 e. The minimum absolute atomic E-state index is 0.0304. The second-order valence-corrected chi connectivity index (χ2v) is 3.93. The van der Waals surface area contributed by atoms with Gasteiger partial charge in [0.05, 0.1) is 0 Å². The molecule has 2 rings (SSSR count). The number of fused-ring (bicyclic) bond motifs is 1. The van der Waals surface area contributed by atoms with Crippen LogP contribution in [0.1, 0.15) is 24.0 Å². The number of benzene rings is 1. The standard InChI is InChI=1S/C12H13NO3/c14-11-5-4-9-3-1-8(2-6-12(15)16)7-10(9)13-11/h1,3,7H,2,4-6H2,(H,13,14)(H,15,16). The van der Waals surface area contributed by atoms with Crippen LogP contribution in [0, 0.1) is 0 Å². The zero-order chi connectivity index (χ0) is 11.5. The maximum atomic E-state index is 11.2. The summed E-state index contributed by atoms with van der Waals surface area (Å²) in [7, 11) is 0. The van der Waals surface area contributed by atoms with Crippen LogP contribution in [0.15, 0.2) is 18.2 Å². The Labute approximate surface area is 93.3 Å². The lowest BCUT2D eigenvalue weighted by Crippen LogP contribution is -2.19. The summed E-state index contributed by atoms with van der Waals surface area (Å²) in [6, 6.07) is 5.76. The van der Waals surface area contributed by atoms with Crippen LogP contribution in [-0.2, 0) is 22.4 Å². The lowest BCUT2D eigenvalue weighted by atomic mass is 9.99. The Hall–Kier alpha value is -1.84. The fraction of sp³-hybridized carbons (Fsp3) is 0.333. The van der Waals surface area contributed by atoms with E-state index in [0.29, 0.717) is 12.8 Å². The minimum Gasteiger partial charge on any atom is -0.481 e. The van der Waals surface area contributed by atoms with E-state index < -0.39 is 5.97 Å². The molecule has 0 bridgehead atoms. The molecule has 0 saturated heterocycles. The number of aryl methyl sites for hydroxylation is 2. The second-order valence-electron chi connectivity index (χ2n) is 3.93. The third-order valence-corrected chi connectivity index (χ3v) is 2.70. The first-order chi connectivity index (χ1) is 7.65. The van der Waals surface area contributed by atoms with E-state index in [1.807, 2.05) is 18.2 Å². The summed E-state index contributed by atoms with van der Waals surface area (Å²) in [5.41, 5.74) is 2.90. The molecule has 0 aromatic heterocycles. The molecule has 0 saturated carbocycles. The molecule has 4 heteroatoms. The summed E-state index contributed by atoms with van der Waals surface area (Å²) in [6.45, 7) is 0. The Morgan fingerprint density at radius 3 is 2.94 bits per heavy atom. The van der Waals surface area contributed by atoms with E-state index >= 15 is 0 Å². The number of nitrogens with one attached hydrogen (secondary N) is 1. The molecule has 1 aromatic rings. The molecule has 1 aliphatic rings. The maximum absolute atomic E-state index is 11.2. The van der Waals surface area contributed by atoms with Gasteiger partial charge in [0.15, 0.2) is 0 Å². The van der Waals surface area contributed by atoms with Gasteiger partial charge in [-0.25, -0.2) is 0 Å². The molecule has 0 atom stereocenters. The summed E-state index contributed by atoms with van der Waals surface area (Å²) in [5.74, 6) is -0.773. The topological polar surface area (TPSA) is 66.4 Å². The first-order valence-electron chi connectivity index (χ1n) is 5.28. The number of rotatable bonds is 3. The quantitative estimate of drug-likeness (QED) is 0.811. The molecule has 4 nitrogen and oxygen atoms in total. The van der Waals surface area contributed by atoms with Crippen molar-refractivity contribution in [2.75, 3.05) is 5.32 Å². The van der Waals surface area contributed by atoms with Crippen molar-refractivity contribution < 1.29 is 14.7 Å². The molecule has 0 unspecified atom stereocenters. The van der Waals surface area contributed by atoms with Crippen LogP contribution in [-0.4, -0.2) is 17.0 Å². The number of carbonyl (C=O) groups excluding carboxylic acids is 1. The smallest absolute Gasteiger partial charge is 0.303 e. The second kappa shape index (κ2) is 4.35. The van der Waals surface area contributed by atoms with Crippen molar-refractivity contribution in [2.24, 2.45) is 0 Å². The lowest BCUT2D eigenvalue weighted by molar-refractivity contribution is -0.137. The number of hydrogen-bond acceptors (Lipinski definition) is 2. The molecule has 1 heterocycles. The first kappa shape index (κ1) is 10.7. The molecule has 0 aliphatic carbocycles. The van der Waals surface area contributed by atoms with Crippen LogP contribution in [0.3, 0.4) is 0 Å². The van der Waals surface area contributed by atoms with E-state index in [2.05, 4.69) is 5.32 Å². The molecule has 0 spiro atoms. The summed E-state index contributed by atoms with van der Waals surface area (Å²) in [6.07, 6.45) is 1.91. The van der Waals surface area contributed by atoms with E-state index in [1.165, 1.54) is 0 Å². The molecule has 1 aliphatic heterocycles. The van der Waals surface area contributed by atoms with Crippen LogP contribution in [0.4, 0.5) is 5.69 Å². The summed E-state index contributed by atoms with van der Waals surface area (Å²) < 4.78 is 0. The Kier molecular flexibility index (Phi) is 2.90. The van der Waals surface area contributed by atoms with E-state index in [-0.39, 0.29) is 12.3 Å². The minimum atomic E-state index is -0.804. The first-order valence-corrected chi connectivity index (χ1v) is 5.28. The number of aliphatic carboxylic acids is 1. The molecule has 2 N–H and O–H groups in total. The third kappa shape index (κ3) is 2.39. The van der Waals surface area contributed by atoms with Crippen molar-refractivity contribution in [3.05, 3.63) is 29.3 Å². The van der Waals surface area contributed by atoms with Crippen molar-refractivity contribution in [3.63, 3.8) is 0 Å². The van der Waals surface area contributed by atoms with Crippen molar-refractivity contribution in [2.45, 2.75) is 25.7 Å². The monoisotopic (exact) mass is 219 g/mol. The van der Waals surface area contributed by atoms with Gasteiger partial charge < -0.3 is 10.4 Å². The highest BCUT2D eigenvalue weighted by molar-refractivity contribution is 5.94. The van der Waals surface area contributed by atoms with Crippen molar-refractivity contribution in [1.29, 1.82) is 0 Å². The number of carboxylic acids is 1. The number of anilines is 1. The van der Waals surface area contributed by atoms with Gasteiger partial charge in [0, 0.05) is 18.5 Å². The Morgan fingerprint density at radius 1 is 1.38 bits per heavy atom.